The van der Waals surface area contributed by atoms with E-state index in [1.165, 1.54) is 30.6 Å². The SMILES string of the molecule is CNC(=O)OC1CSC(C#N)(c2ccc(Cl)cc2)S1. The standard InChI is InChI=1S/C12H11ClN2O2S2/c1-15-11(16)17-10-6-18-12(7-14,19-10)8-2-4-9(13)5-3-8/h2-5,10H,6H2,1H3,(H,15,16). The van der Waals surface area contributed by atoms with Gasteiger partial charge < -0.3 is 10.1 Å². The van der Waals surface area contributed by atoms with Gasteiger partial charge in [-0.05, 0) is 17.7 Å². The topological polar surface area (TPSA) is 62.1 Å². The van der Waals surface area contributed by atoms with E-state index in [0.717, 1.165) is 5.56 Å². The average molecular weight is 315 g/mol. The van der Waals surface area contributed by atoms with Crippen molar-refractivity contribution in [2.45, 2.75) is 9.52 Å². The van der Waals surface area contributed by atoms with Crippen molar-refractivity contribution in [2.24, 2.45) is 0 Å². The quantitative estimate of drug-likeness (QED) is 0.908. The van der Waals surface area contributed by atoms with Crippen molar-refractivity contribution in [2.75, 3.05) is 12.8 Å². The fourth-order valence-corrected chi connectivity index (χ4v) is 4.66. The van der Waals surface area contributed by atoms with E-state index >= 15 is 0 Å². The lowest BCUT2D eigenvalue weighted by Gasteiger charge is -2.19. The monoisotopic (exact) mass is 314 g/mol. The molecule has 2 rings (SSSR count). The number of ether oxygens (including phenoxy) is 1. The second-order valence-electron chi connectivity index (χ2n) is 3.75. The Hall–Kier alpha value is -1.03. The molecule has 100 valence electrons. The Morgan fingerprint density at radius 1 is 1.58 bits per heavy atom. The number of nitriles is 1. The van der Waals surface area contributed by atoms with Crippen LogP contribution >= 0.6 is 35.1 Å². The maximum Gasteiger partial charge on any atom is 0.408 e. The molecule has 19 heavy (non-hydrogen) atoms. The van der Waals surface area contributed by atoms with Crippen LogP contribution in [0.2, 0.25) is 5.02 Å². The molecule has 1 heterocycles. The number of amides is 1. The van der Waals surface area contributed by atoms with E-state index < -0.39 is 10.2 Å². The first-order valence-electron chi connectivity index (χ1n) is 5.47. The third-order valence-electron chi connectivity index (χ3n) is 2.53. The number of alkyl carbamates (subject to hydrolysis) is 1. The van der Waals surface area contributed by atoms with Gasteiger partial charge in [-0.2, -0.15) is 5.26 Å². The molecule has 0 saturated carbocycles. The maximum atomic E-state index is 11.2. The zero-order valence-electron chi connectivity index (χ0n) is 10.1. The second kappa shape index (κ2) is 5.95. The molecule has 1 saturated heterocycles. The summed E-state index contributed by atoms with van der Waals surface area (Å²) in [4.78, 5) is 11.2. The number of nitrogens with one attached hydrogen (secondary N) is 1. The third kappa shape index (κ3) is 3.11. The summed E-state index contributed by atoms with van der Waals surface area (Å²) in [5, 5.41) is 12.5. The molecule has 0 bridgehead atoms. The van der Waals surface area contributed by atoms with E-state index in [-0.39, 0.29) is 5.44 Å². The van der Waals surface area contributed by atoms with Crippen molar-refractivity contribution in [3.05, 3.63) is 34.9 Å². The summed E-state index contributed by atoms with van der Waals surface area (Å²) < 4.78 is 4.43. The van der Waals surface area contributed by atoms with E-state index in [1.54, 1.807) is 12.1 Å². The fourth-order valence-electron chi connectivity index (χ4n) is 1.62. The van der Waals surface area contributed by atoms with Crippen molar-refractivity contribution >= 4 is 41.2 Å². The van der Waals surface area contributed by atoms with Gasteiger partial charge >= 0.3 is 6.09 Å². The third-order valence-corrected chi connectivity index (χ3v) is 6.03. The van der Waals surface area contributed by atoms with E-state index in [2.05, 4.69) is 11.4 Å². The molecule has 1 fully saturated rings. The lowest BCUT2D eigenvalue weighted by Crippen LogP contribution is -2.24. The highest BCUT2D eigenvalue weighted by molar-refractivity contribution is 8.21. The van der Waals surface area contributed by atoms with Crippen LogP contribution in [-0.4, -0.2) is 24.3 Å². The predicted molar refractivity (Wildman–Crippen MR) is 78.1 cm³/mol. The molecule has 0 spiro atoms. The Balaban J connectivity index is 2.16. The number of hydrogen-bond acceptors (Lipinski definition) is 5. The number of rotatable bonds is 2. The number of thioether (sulfide) groups is 2. The summed E-state index contributed by atoms with van der Waals surface area (Å²) in [7, 11) is 1.51. The van der Waals surface area contributed by atoms with Gasteiger partial charge in [-0.3, -0.25) is 0 Å². The first-order valence-corrected chi connectivity index (χ1v) is 7.71. The van der Waals surface area contributed by atoms with Crippen LogP contribution in [0.25, 0.3) is 0 Å². The molecule has 4 nitrogen and oxygen atoms in total. The van der Waals surface area contributed by atoms with Crippen LogP contribution in [0.4, 0.5) is 4.79 Å². The number of carbonyl (C=O) groups is 1. The van der Waals surface area contributed by atoms with Crippen molar-refractivity contribution in [1.29, 1.82) is 5.26 Å². The van der Waals surface area contributed by atoms with E-state index in [0.29, 0.717) is 10.8 Å². The molecule has 2 atom stereocenters. The minimum absolute atomic E-state index is 0.333. The highest BCUT2D eigenvalue weighted by atomic mass is 35.5. The first kappa shape index (κ1) is 14.4. The van der Waals surface area contributed by atoms with Gasteiger partial charge in [0.25, 0.3) is 0 Å². The Morgan fingerprint density at radius 2 is 2.26 bits per heavy atom. The number of nitrogens with zero attached hydrogens (tertiary/aromatic N) is 1. The molecular formula is C12H11ClN2O2S2. The summed E-state index contributed by atoms with van der Waals surface area (Å²) in [6, 6.07) is 9.47. The van der Waals surface area contributed by atoms with Crippen molar-refractivity contribution in [3.8, 4) is 6.07 Å². The minimum atomic E-state index is -0.747. The van der Waals surface area contributed by atoms with Crippen molar-refractivity contribution in [3.63, 3.8) is 0 Å². The molecule has 0 aliphatic carbocycles. The summed E-state index contributed by atoms with van der Waals surface area (Å²) in [6.45, 7) is 0. The number of halogens is 1. The lowest BCUT2D eigenvalue weighted by atomic mass is 10.1. The van der Waals surface area contributed by atoms with E-state index in [9.17, 15) is 10.1 Å². The smallest absolute Gasteiger partial charge is 0.408 e. The van der Waals surface area contributed by atoms with Gasteiger partial charge in [0, 0.05) is 17.8 Å². The molecule has 2 unspecified atom stereocenters. The van der Waals surface area contributed by atoms with Gasteiger partial charge in [0.2, 0.25) is 0 Å². The minimum Gasteiger partial charge on any atom is -0.434 e. The average Bonchev–Trinajstić information content (AvgIpc) is 2.84. The lowest BCUT2D eigenvalue weighted by molar-refractivity contribution is 0.145. The van der Waals surface area contributed by atoms with Gasteiger partial charge in [0.1, 0.15) is 0 Å². The maximum absolute atomic E-state index is 11.2. The Kier molecular flexibility index (Phi) is 4.50. The molecular weight excluding hydrogens is 304 g/mol. The van der Waals surface area contributed by atoms with Gasteiger partial charge in [-0.25, -0.2) is 4.79 Å². The highest BCUT2D eigenvalue weighted by Gasteiger charge is 2.44. The van der Waals surface area contributed by atoms with Crippen molar-refractivity contribution < 1.29 is 9.53 Å². The molecule has 7 heteroatoms. The zero-order valence-corrected chi connectivity index (χ0v) is 12.4. The van der Waals surface area contributed by atoms with Crippen LogP contribution < -0.4 is 5.32 Å². The summed E-state index contributed by atoms with van der Waals surface area (Å²) >= 11 is 8.65. The van der Waals surface area contributed by atoms with E-state index in [4.69, 9.17) is 16.3 Å². The molecule has 1 amide bonds. The normalized spacial score (nSPS) is 25.6. The molecule has 1 aromatic carbocycles. The molecule has 0 radical (unpaired) electrons. The van der Waals surface area contributed by atoms with Crippen LogP contribution in [0.1, 0.15) is 5.56 Å². The number of hydrogen-bond donors (Lipinski definition) is 1. The molecule has 1 aromatic rings. The van der Waals surface area contributed by atoms with Crippen LogP contribution in [0.15, 0.2) is 24.3 Å². The first-order chi connectivity index (χ1) is 9.09. The van der Waals surface area contributed by atoms with E-state index in [1.807, 2.05) is 12.1 Å². The summed E-state index contributed by atoms with van der Waals surface area (Å²) in [6.07, 6.45) is -0.483. The summed E-state index contributed by atoms with van der Waals surface area (Å²) in [5.41, 5.74) is 0.526. The van der Waals surface area contributed by atoms with Gasteiger partial charge in [-0.1, -0.05) is 35.5 Å². The molecule has 0 aromatic heterocycles. The van der Waals surface area contributed by atoms with Gasteiger partial charge in [-0.15, -0.1) is 11.8 Å². The van der Waals surface area contributed by atoms with Crippen molar-refractivity contribution in [1.82, 2.24) is 5.32 Å². The van der Waals surface area contributed by atoms with Crippen LogP contribution in [0, 0.1) is 11.3 Å². The number of benzene rings is 1. The molecule has 1 aliphatic heterocycles. The Labute approximate surface area is 124 Å². The van der Waals surface area contributed by atoms with Gasteiger partial charge in [0.05, 0.1) is 6.07 Å². The largest absolute Gasteiger partial charge is 0.434 e. The van der Waals surface area contributed by atoms with Crippen LogP contribution in [0.3, 0.4) is 0 Å². The second-order valence-corrected chi connectivity index (χ2v) is 7.05. The van der Waals surface area contributed by atoms with Crippen LogP contribution in [-0.2, 0) is 8.82 Å². The Bertz CT molecular complexity index is 517. The molecule has 1 N–H and O–H groups in total. The summed E-state index contributed by atoms with van der Waals surface area (Å²) in [5.74, 6) is 0.578. The number of carbonyl (C=O) groups excluding carboxylic acids is 1. The highest BCUT2D eigenvalue weighted by Crippen LogP contribution is 2.55. The predicted octanol–water partition coefficient (Wildman–Crippen LogP) is 3.18. The Morgan fingerprint density at radius 3 is 2.84 bits per heavy atom. The van der Waals surface area contributed by atoms with Gasteiger partial charge in [0.15, 0.2) is 9.52 Å². The van der Waals surface area contributed by atoms with Crippen LogP contribution in [0.5, 0.6) is 0 Å². The fraction of sp³-hybridized carbons (Fsp3) is 0.333. The molecule has 1 aliphatic rings. The zero-order chi connectivity index (χ0) is 13.9.